The summed E-state index contributed by atoms with van der Waals surface area (Å²) < 4.78 is 60.7. The predicted octanol–water partition coefficient (Wildman–Crippen LogP) is 4.96. The number of halogens is 6. The molecule has 1 aromatic carbocycles. The Morgan fingerprint density at radius 1 is 1.22 bits per heavy atom. The molecule has 2 aromatic rings. The van der Waals surface area contributed by atoms with E-state index in [2.05, 4.69) is 25.9 Å². The van der Waals surface area contributed by atoms with Crippen LogP contribution in [-0.4, -0.2) is 28.9 Å². The summed E-state index contributed by atoms with van der Waals surface area (Å²) in [6, 6.07) is 4.29. The zero-order valence-electron chi connectivity index (χ0n) is 11.1. The van der Waals surface area contributed by atoms with E-state index < -0.39 is 19.0 Å². The normalized spacial score (nSPS) is 11.6. The van der Waals surface area contributed by atoms with Crippen LogP contribution in [0.2, 0.25) is 5.02 Å². The molecule has 4 nitrogen and oxygen atoms in total. The van der Waals surface area contributed by atoms with E-state index in [1.807, 2.05) is 0 Å². The van der Waals surface area contributed by atoms with E-state index in [1.165, 1.54) is 30.6 Å². The molecule has 1 heterocycles. The molecule has 0 radical (unpaired) electrons. The second kappa shape index (κ2) is 7.31. The number of hydrogen-bond donors (Lipinski definition) is 0. The first kappa shape index (κ1) is 17.7. The number of hydrogen-bond acceptors (Lipinski definition) is 4. The van der Waals surface area contributed by atoms with Crippen molar-refractivity contribution >= 4 is 27.5 Å². The van der Waals surface area contributed by atoms with Gasteiger partial charge in [0.25, 0.3) is 0 Å². The lowest BCUT2D eigenvalue weighted by molar-refractivity contribution is -0.148. The molecule has 23 heavy (non-hydrogen) atoms. The molecule has 1 aromatic heterocycles. The lowest BCUT2D eigenvalue weighted by Crippen LogP contribution is -2.33. The molecule has 0 spiro atoms. The third kappa shape index (κ3) is 4.68. The third-order valence-electron chi connectivity index (χ3n) is 2.46. The summed E-state index contributed by atoms with van der Waals surface area (Å²) in [5.41, 5.74) is 0. The number of alkyl halides is 4. The topological polar surface area (TPSA) is 44.2 Å². The van der Waals surface area contributed by atoms with Gasteiger partial charge in [0.05, 0.1) is 21.9 Å². The van der Waals surface area contributed by atoms with Crippen LogP contribution < -0.4 is 9.47 Å². The van der Waals surface area contributed by atoms with Gasteiger partial charge in [-0.1, -0.05) is 17.7 Å². The summed E-state index contributed by atoms with van der Waals surface area (Å²) in [5, 5.41) is 0.277. The van der Waals surface area contributed by atoms with Crippen LogP contribution in [0.3, 0.4) is 0 Å². The summed E-state index contributed by atoms with van der Waals surface area (Å²) in [7, 11) is 0. The lowest BCUT2D eigenvalue weighted by Gasteiger charge is -2.18. The molecule has 10 heteroatoms. The molecule has 2 rings (SSSR count). The Kier molecular flexibility index (Phi) is 5.64. The van der Waals surface area contributed by atoms with Gasteiger partial charge in [0, 0.05) is 0 Å². The number of para-hydroxylation sites is 1. The maximum atomic E-state index is 13.0. The van der Waals surface area contributed by atoms with Gasteiger partial charge in [0.15, 0.2) is 18.1 Å². The van der Waals surface area contributed by atoms with Crippen LogP contribution in [0, 0.1) is 0 Å². The van der Waals surface area contributed by atoms with Gasteiger partial charge in [-0.05, 0) is 28.1 Å². The molecule has 0 amide bonds. The van der Waals surface area contributed by atoms with Crippen molar-refractivity contribution in [1.29, 1.82) is 0 Å². The minimum atomic E-state index is -4.29. The molecule has 0 saturated heterocycles. The zero-order valence-corrected chi connectivity index (χ0v) is 13.5. The van der Waals surface area contributed by atoms with Crippen LogP contribution >= 0.6 is 27.5 Å². The third-order valence-corrected chi connectivity index (χ3v) is 3.28. The van der Waals surface area contributed by atoms with E-state index in [9.17, 15) is 17.6 Å². The van der Waals surface area contributed by atoms with Crippen molar-refractivity contribution in [3.05, 3.63) is 40.1 Å². The first-order chi connectivity index (χ1) is 10.8. The van der Waals surface area contributed by atoms with Gasteiger partial charge >= 0.3 is 18.4 Å². The summed E-state index contributed by atoms with van der Waals surface area (Å²) >= 11 is 8.71. The van der Waals surface area contributed by atoms with E-state index in [0.717, 1.165) is 0 Å². The van der Waals surface area contributed by atoms with Crippen molar-refractivity contribution < 1.29 is 27.0 Å². The Balaban J connectivity index is 2.21. The van der Waals surface area contributed by atoms with Crippen LogP contribution in [0.1, 0.15) is 0 Å². The molecule has 0 aliphatic rings. The van der Waals surface area contributed by atoms with Crippen molar-refractivity contribution in [2.24, 2.45) is 0 Å². The van der Waals surface area contributed by atoms with E-state index >= 15 is 0 Å². The van der Waals surface area contributed by atoms with Crippen LogP contribution in [0.4, 0.5) is 17.6 Å². The van der Waals surface area contributed by atoms with Crippen LogP contribution in [0.5, 0.6) is 17.5 Å². The van der Waals surface area contributed by atoms with Crippen molar-refractivity contribution in [3.63, 3.8) is 0 Å². The maximum absolute atomic E-state index is 13.0. The Hall–Kier alpha value is -1.61. The molecule has 0 unspecified atom stereocenters. The van der Waals surface area contributed by atoms with Crippen molar-refractivity contribution in [1.82, 2.24) is 9.97 Å². The molecular weight excluding hydrogens is 408 g/mol. The van der Waals surface area contributed by atoms with E-state index in [4.69, 9.17) is 21.1 Å². The standard InChI is InChI=1S/C13H8BrClF4N2O2/c14-8-2-1-3-9(23-12-20-4-7(15)5-21-12)10(8)22-6-13(18,19)11(16)17/h1-5,11H,6H2. The fraction of sp³-hybridized carbons (Fsp3) is 0.231. The highest BCUT2D eigenvalue weighted by Crippen LogP contribution is 2.38. The predicted molar refractivity (Wildman–Crippen MR) is 77.7 cm³/mol. The molecule has 124 valence electrons. The minimum Gasteiger partial charge on any atom is -0.482 e. The summed E-state index contributed by atoms with van der Waals surface area (Å²) in [6.45, 7) is -1.51. The monoisotopic (exact) mass is 414 g/mol. The van der Waals surface area contributed by atoms with E-state index in [-0.39, 0.29) is 27.0 Å². The second-order valence-corrected chi connectivity index (χ2v) is 5.49. The van der Waals surface area contributed by atoms with Crippen molar-refractivity contribution in [2.75, 3.05) is 6.61 Å². The van der Waals surface area contributed by atoms with Crippen LogP contribution in [0.15, 0.2) is 35.1 Å². The largest absolute Gasteiger partial charge is 0.482 e. The molecule has 0 aliphatic carbocycles. The highest BCUT2D eigenvalue weighted by molar-refractivity contribution is 9.10. The Morgan fingerprint density at radius 2 is 1.87 bits per heavy atom. The summed E-state index contributed by atoms with van der Waals surface area (Å²) in [6.07, 6.45) is -1.30. The van der Waals surface area contributed by atoms with Gasteiger partial charge in [-0.15, -0.1) is 0 Å². The van der Waals surface area contributed by atoms with Gasteiger partial charge in [-0.3, -0.25) is 0 Å². The summed E-state index contributed by atoms with van der Waals surface area (Å²) in [5.74, 6) is -4.48. The maximum Gasteiger partial charge on any atom is 0.340 e. The quantitative estimate of drug-likeness (QED) is 0.625. The molecule has 0 N–H and O–H groups in total. The van der Waals surface area contributed by atoms with E-state index in [1.54, 1.807) is 0 Å². The van der Waals surface area contributed by atoms with Gasteiger partial charge in [-0.2, -0.15) is 8.78 Å². The van der Waals surface area contributed by atoms with Crippen LogP contribution in [-0.2, 0) is 0 Å². The fourth-order valence-corrected chi connectivity index (χ4v) is 1.95. The number of benzene rings is 1. The molecular formula is C13H8BrClF4N2O2. The first-order valence-corrected chi connectivity index (χ1v) is 7.19. The SMILES string of the molecule is FC(F)C(F)(F)COc1c(Br)cccc1Oc1ncc(Cl)cn1. The Morgan fingerprint density at radius 3 is 2.48 bits per heavy atom. The van der Waals surface area contributed by atoms with E-state index in [0.29, 0.717) is 0 Å². The van der Waals surface area contributed by atoms with Gasteiger partial charge in [0.2, 0.25) is 0 Å². The summed E-state index contributed by atoms with van der Waals surface area (Å²) in [4.78, 5) is 7.55. The number of ether oxygens (including phenoxy) is 2. The number of nitrogens with zero attached hydrogens (tertiary/aromatic N) is 2. The highest BCUT2D eigenvalue weighted by atomic mass is 79.9. The van der Waals surface area contributed by atoms with Gasteiger partial charge < -0.3 is 9.47 Å². The molecule has 0 aliphatic heterocycles. The number of aromatic nitrogens is 2. The second-order valence-electron chi connectivity index (χ2n) is 4.20. The Bertz CT molecular complexity index is 674. The van der Waals surface area contributed by atoms with Gasteiger partial charge in [-0.25, -0.2) is 18.7 Å². The molecule has 0 fully saturated rings. The average Bonchev–Trinajstić information content (AvgIpc) is 2.49. The molecule has 0 atom stereocenters. The fourth-order valence-electron chi connectivity index (χ4n) is 1.39. The van der Waals surface area contributed by atoms with Crippen molar-refractivity contribution in [3.8, 4) is 17.5 Å². The molecule has 0 saturated carbocycles. The zero-order chi connectivity index (χ0) is 17.0. The Labute approximate surface area is 141 Å². The van der Waals surface area contributed by atoms with Gasteiger partial charge in [0.1, 0.15) is 0 Å². The number of rotatable bonds is 6. The van der Waals surface area contributed by atoms with Crippen LogP contribution in [0.25, 0.3) is 0 Å². The lowest BCUT2D eigenvalue weighted by atomic mass is 10.3. The first-order valence-electron chi connectivity index (χ1n) is 6.02. The average molecular weight is 416 g/mol. The highest BCUT2D eigenvalue weighted by Gasteiger charge is 2.42. The van der Waals surface area contributed by atoms with Crippen molar-refractivity contribution in [2.45, 2.75) is 12.3 Å². The molecule has 0 bridgehead atoms. The smallest absolute Gasteiger partial charge is 0.340 e. The minimum absolute atomic E-state index is 0.0215.